The fraction of sp³-hybridized carbons (Fsp3) is 0.182. The number of esters is 2. The lowest BCUT2D eigenvalue weighted by molar-refractivity contribution is -0.139. The van der Waals surface area contributed by atoms with Crippen LogP contribution < -0.4 is 0 Å². The molecule has 1 aliphatic carbocycles. The molecule has 2 aliphatic rings. The molecule has 7 nitrogen and oxygen atoms in total. The molecule has 0 N–H and O–H groups in total. The van der Waals surface area contributed by atoms with Gasteiger partial charge in [0.1, 0.15) is 6.10 Å². The Hall–Kier alpha value is -2.85. The van der Waals surface area contributed by atoms with Crippen molar-refractivity contribution in [3.63, 3.8) is 0 Å². The van der Waals surface area contributed by atoms with Gasteiger partial charge >= 0.3 is 11.9 Å². The average Bonchev–Trinajstić information content (AvgIpc) is 3.23. The minimum absolute atomic E-state index is 0.122. The topological polar surface area (TPSA) is 96.0 Å². The summed E-state index contributed by atoms with van der Waals surface area (Å²) in [7, 11) is 2.25. The molecule has 0 amide bonds. The SMILES string of the molecule is COC(=O)C1=C(C(=O)OC)C2(OC1c1ccc(I)cc1)C(=O)c1ccccc1C2=O. The Morgan fingerprint density at radius 1 is 0.900 bits per heavy atom. The molecule has 4 rings (SSSR count). The predicted molar refractivity (Wildman–Crippen MR) is 112 cm³/mol. The zero-order valence-electron chi connectivity index (χ0n) is 15.9. The predicted octanol–water partition coefficient (Wildman–Crippen LogP) is 2.82. The van der Waals surface area contributed by atoms with Crippen molar-refractivity contribution < 1.29 is 33.4 Å². The molecule has 152 valence electrons. The van der Waals surface area contributed by atoms with Crippen LogP contribution in [0.3, 0.4) is 0 Å². The summed E-state index contributed by atoms with van der Waals surface area (Å²) in [6.07, 6.45) is -1.16. The highest BCUT2D eigenvalue weighted by atomic mass is 127. The molecule has 30 heavy (non-hydrogen) atoms. The number of benzene rings is 2. The summed E-state index contributed by atoms with van der Waals surface area (Å²) in [6.45, 7) is 0. The van der Waals surface area contributed by atoms with Crippen molar-refractivity contribution in [2.75, 3.05) is 14.2 Å². The molecule has 8 heteroatoms. The van der Waals surface area contributed by atoms with E-state index >= 15 is 0 Å². The van der Waals surface area contributed by atoms with Crippen LogP contribution in [-0.4, -0.2) is 43.3 Å². The van der Waals surface area contributed by atoms with Gasteiger partial charge in [0.15, 0.2) is 0 Å². The second kappa shape index (κ2) is 7.44. The Labute approximate surface area is 185 Å². The maximum atomic E-state index is 13.4. The molecule has 2 aromatic rings. The van der Waals surface area contributed by atoms with Gasteiger partial charge in [-0.05, 0) is 40.3 Å². The van der Waals surface area contributed by atoms with Gasteiger partial charge in [0.2, 0.25) is 17.2 Å². The number of hydrogen-bond acceptors (Lipinski definition) is 7. The number of carbonyl (C=O) groups is 4. The van der Waals surface area contributed by atoms with Crippen LogP contribution in [0.2, 0.25) is 0 Å². The number of halogens is 1. The first kappa shape index (κ1) is 20.4. The molecule has 2 aromatic carbocycles. The molecule has 1 heterocycles. The number of carbonyl (C=O) groups excluding carboxylic acids is 4. The highest BCUT2D eigenvalue weighted by Gasteiger charge is 2.66. The number of Topliss-reactive ketones (excluding diaryl/α,β-unsaturated/α-hetero) is 2. The van der Waals surface area contributed by atoms with Crippen LogP contribution in [0.15, 0.2) is 59.7 Å². The Morgan fingerprint density at radius 3 is 1.93 bits per heavy atom. The van der Waals surface area contributed by atoms with Gasteiger partial charge in [0.25, 0.3) is 0 Å². The summed E-state index contributed by atoms with van der Waals surface area (Å²) >= 11 is 2.12. The molecular weight excluding hydrogens is 503 g/mol. The minimum Gasteiger partial charge on any atom is -0.466 e. The molecule has 0 bridgehead atoms. The molecule has 0 radical (unpaired) electrons. The van der Waals surface area contributed by atoms with E-state index in [4.69, 9.17) is 14.2 Å². The number of fused-ring (bicyclic) bond motifs is 1. The molecule has 1 unspecified atom stereocenters. The van der Waals surface area contributed by atoms with Crippen LogP contribution in [0.25, 0.3) is 0 Å². The average molecular weight is 518 g/mol. The van der Waals surface area contributed by atoms with E-state index in [-0.39, 0.29) is 16.7 Å². The summed E-state index contributed by atoms with van der Waals surface area (Å²) in [5.74, 6) is -3.30. The zero-order valence-corrected chi connectivity index (χ0v) is 18.1. The maximum Gasteiger partial charge on any atom is 0.338 e. The Balaban J connectivity index is 2.01. The van der Waals surface area contributed by atoms with E-state index in [9.17, 15) is 19.2 Å². The molecule has 1 atom stereocenters. The van der Waals surface area contributed by atoms with Gasteiger partial charge in [-0.2, -0.15) is 0 Å². The molecule has 0 saturated heterocycles. The van der Waals surface area contributed by atoms with E-state index in [1.807, 2.05) is 0 Å². The van der Waals surface area contributed by atoms with Gasteiger partial charge in [0, 0.05) is 14.7 Å². The summed E-state index contributed by atoms with van der Waals surface area (Å²) in [5.41, 5.74) is -2.22. The number of ketones is 2. The van der Waals surface area contributed by atoms with E-state index in [2.05, 4.69) is 22.6 Å². The van der Waals surface area contributed by atoms with Crippen molar-refractivity contribution in [2.45, 2.75) is 11.7 Å². The van der Waals surface area contributed by atoms with E-state index in [0.29, 0.717) is 5.56 Å². The standard InChI is InChI=1S/C22H15IO7/c1-28-20(26)15-16(21(27)29-2)22(30-17(15)11-7-9-12(23)10-8-11)18(24)13-5-3-4-6-14(13)19(22)25/h3-10,17H,1-2H3. The highest BCUT2D eigenvalue weighted by molar-refractivity contribution is 14.1. The zero-order chi connectivity index (χ0) is 21.6. The second-order valence-electron chi connectivity index (χ2n) is 6.71. The first-order chi connectivity index (χ1) is 14.4. The lowest BCUT2D eigenvalue weighted by Gasteiger charge is -2.23. The molecule has 1 spiro atoms. The number of methoxy groups -OCH3 is 2. The largest absolute Gasteiger partial charge is 0.466 e. The quantitative estimate of drug-likeness (QED) is 0.351. The lowest BCUT2D eigenvalue weighted by Crippen LogP contribution is -2.46. The first-order valence-corrected chi connectivity index (χ1v) is 9.97. The molecule has 0 fully saturated rings. The summed E-state index contributed by atoms with van der Waals surface area (Å²) in [4.78, 5) is 52.4. The number of hydrogen-bond donors (Lipinski definition) is 0. The normalized spacial score (nSPS) is 19.2. The van der Waals surface area contributed by atoms with Crippen molar-refractivity contribution in [3.8, 4) is 0 Å². The van der Waals surface area contributed by atoms with Crippen LogP contribution in [0.4, 0.5) is 0 Å². The Kier molecular flexibility index (Phi) is 5.07. The Morgan fingerprint density at radius 2 is 1.43 bits per heavy atom. The van der Waals surface area contributed by atoms with Gasteiger partial charge in [-0.25, -0.2) is 9.59 Å². The van der Waals surface area contributed by atoms with E-state index in [1.54, 1.807) is 36.4 Å². The van der Waals surface area contributed by atoms with Crippen LogP contribution in [0, 0.1) is 3.57 Å². The van der Waals surface area contributed by atoms with Crippen molar-refractivity contribution in [1.82, 2.24) is 0 Å². The summed E-state index contributed by atoms with van der Waals surface area (Å²) < 4.78 is 16.7. The van der Waals surface area contributed by atoms with Gasteiger partial charge in [-0.15, -0.1) is 0 Å². The fourth-order valence-corrected chi connectivity index (χ4v) is 4.22. The molecule has 1 aliphatic heterocycles. The third-order valence-electron chi connectivity index (χ3n) is 5.20. The second-order valence-corrected chi connectivity index (χ2v) is 7.95. The number of rotatable bonds is 3. The summed E-state index contributed by atoms with van der Waals surface area (Å²) in [6, 6.07) is 13.1. The van der Waals surface area contributed by atoms with Crippen molar-refractivity contribution in [3.05, 3.63) is 79.9 Å². The van der Waals surface area contributed by atoms with Crippen LogP contribution in [0.1, 0.15) is 32.4 Å². The van der Waals surface area contributed by atoms with Gasteiger partial charge in [-0.3, -0.25) is 9.59 Å². The molecular formula is C22H15IO7. The van der Waals surface area contributed by atoms with Gasteiger partial charge in [-0.1, -0.05) is 36.4 Å². The third kappa shape index (κ3) is 2.74. The maximum absolute atomic E-state index is 13.4. The van der Waals surface area contributed by atoms with Crippen LogP contribution in [-0.2, 0) is 23.8 Å². The molecule has 0 saturated carbocycles. The third-order valence-corrected chi connectivity index (χ3v) is 5.92. The van der Waals surface area contributed by atoms with E-state index < -0.39 is 40.8 Å². The Bertz CT molecular complexity index is 1100. The monoisotopic (exact) mass is 518 g/mol. The van der Waals surface area contributed by atoms with E-state index in [0.717, 1.165) is 17.8 Å². The molecule has 0 aromatic heterocycles. The van der Waals surface area contributed by atoms with Gasteiger partial charge in [0.05, 0.1) is 25.4 Å². The minimum atomic E-state index is -2.30. The number of ether oxygens (including phenoxy) is 3. The lowest BCUT2D eigenvalue weighted by atomic mass is 9.86. The van der Waals surface area contributed by atoms with Gasteiger partial charge < -0.3 is 14.2 Å². The van der Waals surface area contributed by atoms with Crippen molar-refractivity contribution in [2.24, 2.45) is 0 Å². The summed E-state index contributed by atoms with van der Waals surface area (Å²) in [5, 5.41) is 0. The smallest absolute Gasteiger partial charge is 0.338 e. The van der Waals surface area contributed by atoms with Crippen LogP contribution in [0.5, 0.6) is 0 Å². The first-order valence-electron chi connectivity index (χ1n) is 8.90. The van der Waals surface area contributed by atoms with Crippen molar-refractivity contribution in [1.29, 1.82) is 0 Å². The van der Waals surface area contributed by atoms with Crippen LogP contribution >= 0.6 is 22.6 Å². The highest BCUT2D eigenvalue weighted by Crippen LogP contribution is 2.51. The fourth-order valence-electron chi connectivity index (χ4n) is 3.86. The van der Waals surface area contributed by atoms with Crippen molar-refractivity contribution >= 4 is 46.1 Å². The van der Waals surface area contributed by atoms with E-state index in [1.165, 1.54) is 12.1 Å².